The molecule has 0 atom stereocenters. The number of carbonyl (C=O) groups is 1. The summed E-state index contributed by atoms with van der Waals surface area (Å²) in [6, 6.07) is 7.30. The van der Waals surface area contributed by atoms with E-state index in [0.29, 0.717) is 29.4 Å². The van der Waals surface area contributed by atoms with Crippen molar-refractivity contribution < 1.29 is 9.53 Å². The van der Waals surface area contributed by atoms with E-state index in [1.54, 1.807) is 13.1 Å². The second kappa shape index (κ2) is 6.10. The van der Waals surface area contributed by atoms with Gasteiger partial charge in [-0.05, 0) is 18.6 Å². The summed E-state index contributed by atoms with van der Waals surface area (Å²) < 4.78 is 7.04. The summed E-state index contributed by atoms with van der Waals surface area (Å²) in [6.45, 7) is 2.62. The summed E-state index contributed by atoms with van der Waals surface area (Å²) in [6.07, 6.45) is 2.35. The normalized spacial score (nSPS) is 10.3. The fraction of sp³-hybridized carbons (Fsp3) is 0.286. The molecule has 1 aromatic carbocycles. The van der Waals surface area contributed by atoms with E-state index in [4.69, 9.17) is 10.5 Å². The first-order valence-electron chi connectivity index (χ1n) is 6.44. The highest BCUT2D eigenvalue weighted by Crippen LogP contribution is 2.25. The number of aryl methyl sites for hydroxylation is 1. The molecule has 1 aromatic heterocycles. The Balaban J connectivity index is 2.17. The van der Waals surface area contributed by atoms with Crippen molar-refractivity contribution in [1.29, 1.82) is 0 Å². The van der Waals surface area contributed by atoms with Crippen LogP contribution in [0.1, 0.15) is 23.7 Å². The first kappa shape index (κ1) is 13.9. The molecule has 0 radical (unpaired) electrons. The standard InChI is InChI=1S/C14H18N4O2/c1-3-8-20-12-7-5-4-6-11(12)17-14(19)10-9-16-18(2)13(10)15/h4-7,9H,3,8,15H2,1-2H3,(H,17,19). The van der Waals surface area contributed by atoms with Gasteiger partial charge in [0.2, 0.25) is 0 Å². The SMILES string of the molecule is CCCOc1ccccc1NC(=O)c1cnn(C)c1N. The molecule has 6 heteroatoms. The van der Waals surface area contributed by atoms with Crippen LogP contribution in [-0.4, -0.2) is 22.3 Å². The van der Waals surface area contributed by atoms with Crippen LogP contribution >= 0.6 is 0 Å². The minimum absolute atomic E-state index is 0.303. The van der Waals surface area contributed by atoms with E-state index in [1.807, 2.05) is 25.1 Å². The fourth-order valence-electron chi connectivity index (χ4n) is 1.72. The van der Waals surface area contributed by atoms with Crippen LogP contribution < -0.4 is 15.8 Å². The van der Waals surface area contributed by atoms with E-state index < -0.39 is 0 Å². The molecule has 0 spiro atoms. The fourth-order valence-corrected chi connectivity index (χ4v) is 1.72. The van der Waals surface area contributed by atoms with Crippen LogP contribution in [0.15, 0.2) is 30.5 Å². The molecule has 2 rings (SSSR count). The van der Waals surface area contributed by atoms with Crippen molar-refractivity contribution in [2.45, 2.75) is 13.3 Å². The second-order valence-corrected chi connectivity index (χ2v) is 4.37. The lowest BCUT2D eigenvalue weighted by molar-refractivity contribution is 0.102. The van der Waals surface area contributed by atoms with Gasteiger partial charge in [-0.1, -0.05) is 19.1 Å². The molecule has 0 bridgehead atoms. The Morgan fingerprint density at radius 2 is 2.20 bits per heavy atom. The van der Waals surface area contributed by atoms with Crippen molar-refractivity contribution in [3.63, 3.8) is 0 Å². The molecular weight excluding hydrogens is 256 g/mol. The molecule has 0 unspecified atom stereocenters. The number of anilines is 2. The van der Waals surface area contributed by atoms with Crippen LogP contribution in [0.25, 0.3) is 0 Å². The van der Waals surface area contributed by atoms with Gasteiger partial charge in [0, 0.05) is 7.05 Å². The molecule has 2 aromatic rings. The van der Waals surface area contributed by atoms with E-state index in [1.165, 1.54) is 10.9 Å². The summed E-state index contributed by atoms with van der Waals surface area (Å²) in [5.41, 5.74) is 6.75. The number of nitrogens with one attached hydrogen (secondary N) is 1. The average molecular weight is 274 g/mol. The molecule has 1 heterocycles. The van der Waals surface area contributed by atoms with Gasteiger partial charge >= 0.3 is 0 Å². The van der Waals surface area contributed by atoms with Gasteiger partial charge in [-0.2, -0.15) is 5.10 Å². The number of para-hydroxylation sites is 2. The third kappa shape index (κ3) is 2.90. The summed E-state index contributed by atoms with van der Waals surface area (Å²) in [4.78, 5) is 12.2. The topological polar surface area (TPSA) is 82.2 Å². The Labute approximate surface area is 117 Å². The van der Waals surface area contributed by atoms with Gasteiger partial charge in [0.15, 0.2) is 0 Å². The van der Waals surface area contributed by atoms with Crippen LogP contribution in [0.2, 0.25) is 0 Å². The molecule has 6 nitrogen and oxygen atoms in total. The molecule has 0 aliphatic carbocycles. The van der Waals surface area contributed by atoms with Gasteiger partial charge in [-0.15, -0.1) is 0 Å². The molecular formula is C14H18N4O2. The maximum atomic E-state index is 12.2. The molecule has 0 fully saturated rings. The molecule has 1 amide bonds. The number of rotatable bonds is 5. The van der Waals surface area contributed by atoms with Gasteiger partial charge in [0.05, 0.1) is 18.5 Å². The van der Waals surface area contributed by atoms with E-state index in [2.05, 4.69) is 10.4 Å². The highest BCUT2D eigenvalue weighted by atomic mass is 16.5. The zero-order chi connectivity index (χ0) is 14.5. The quantitative estimate of drug-likeness (QED) is 0.874. The summed E-state index contributed by atoms with van der Waals surface area (Å²) in [5, 5.41) is 6.74. The number of carbonyl (C=O) groups excluding carboxylic acids is 1. The molecule has 0 aliphatic rings. The average Bonchev–Trinajstić information content (AvgIpc) is 2.78. The van der Waals surface area contributed by atoms with Gasteiger partial charge in [-0.25, -0.2) is 0 Å². The highest BCUT2D eigenvalue weighted by molar-refractivity contribution is 6.07. The van der Waals surface area contributed by atoms with Crippen molar-refractivity contribution >= 4 is 17.4 Å². The predicted octanol–water partition coefficient (Wildman–Crippen LogP) is 2.04. The smallest absolute Gasteiger partial charge is 0.261 e. The van der Waals surface area contributed by atoms with Crippen LogP contribution in [0.4, 0.5) is 11.5 Å². The van der Waals surface area contributed by atoms with Gasteiger partial charge in [-0.3, -0.25) is 9.48 Å². The number of aromatic nitrogens is 2. The van der Waals surface area contributed by atoms with Crippen molar-refractivity contribution in [2.24, 2.45) is 7.05 Å². The van der Waals surface area contributed by atoms with Crippen molar-refractivity contribution in [3.05, 3.63) is 36.0 Å². The van der Waals surface area contributed by atoms with E-state index in [0.717, 1.165) is 6.42 Å². The number of nitrogen functional groups attached to an aromatic ring is 1. The highest BCUT2D eigenvalue weighted by Gasteiger charge is 2.15. The maximum absolute atomic E-state index is 12.2. The van der Waals surface area contributed by atoms with Gasteiger partial charge < -0.3 is 15.8 Å². The summed E-state index contributed by atoms with van der Waals surface area (Å²) in [7, 11) is 1.68. The summed E-state index contributed by atoms with van der Waals surface area (Å²) >= 11 is 0. The molecule has 20 heavy (non-hydrogen) atoms. The minimum Gasteiger partial charge on any atom is -0.491 e. The first-order valence-corrected chi connectivity index (χ1v) is 6.44. The lowest BCUT2D eigenvalue weighted by Gasteiger charge is -2.11. The second-order valence-electron chi connectivity index (χ2n) is 4.37. The molecule has 3 N–H and O–H groups in total. The minimum atomic E-state index is -0.303. The number of hydrogen-bond donors (Lipinski definition) is 2. The van der Waals surface area contributed by atoms with Crippen molar-refractivity contribution in [2.75, 3.05) is 17.7 Å². The number of amides is 1. The largest absolute Gasteiger partial charge is 0.491 e. The Hall–Kier alpha value is -2.50. The Morgan fingerprint density at radius 1 is 1.45 bits per heavy atom. The lowest BCUT2D eigenvalue weighted by Crippen LogP contribution is -2.14. The van der Waals surface area contributed by atoms with Gasteiger partial charge in [0.1, 0.15) is 17.1 Å². The molecule has 0 saturated heterocycles. The predicted molar refractivity (Wildman–Crippen MR) is 77.8 cm³/mol. The number of nitrogens with zero attached hydrogens (tertiary/aromatic N) is 2. The Morgan fingerprint density at radius 3 is 2.85 bits per heavy atom. The van der Waals surface area contributed by atoms with E-state index in [-0.39, 0.29) is 5.91 Å². The van der Waals surface area contributed by atoms with Gasteiger partial charge in [0.25, 0.3) is 5.91 Å². The van der Waals surface area contributed by atoms with Crippen molar-refractivity contribution in [1.82, 2.24) is 9.78 Å². The first-order chi connectivity index (χ1) is 9.63. The third-order valence-corrected chi connectivity index (χ3v) is 2.83. The molecule has 0 saturated carbocycles. The lowest BCUT2D eigenvalue weighted by atomic mass is 10.2. The zero-order valence-corrected chi connectivity index (χ0v) is 11.6. The van der Waals surface area contributed by atoms with Crippen LogP contribution in [0.3, 0.4) is 0 Å². The van der Waals surface area contributed by atoms with E-state index >= 15 is 0 Å². The monoisotopic (exact) mass is 274 g/mol. The molecule has 0 aliphatic heterocycles. The maximum Gasteiger partial charge on any atom is 0.261 e. The summed E-state index contributed by atoms with van der Waals surface area (Å²) in [5.74, 6) is 0.669. The number of nitrogens with two attached hydrogens (primary N) is 1. The van der Waals surface area contributed by atoms with Crippen LogP contribution in [-0.2, 0) is 7.05 Å². The Bertz CT molecular complexity index is 607. The Kier molecular flexibility index (Phi) is 4.24. The zero-order valence-electron chi connectivity index (χ0n) is 11.6. The number of benzene rings is 1. The van der Waals surface area contributed by atoms with Crippen molar-refractivity contribution in [3.8, 4) is 5.75 Å². The van der Waals surface area contributed by atoms with Crippen LogP contribution in [0.5, 0.6) is 5.75 Å². The number of hydrogen-bond acceptors (Lipinski definition) is 4. The van der Waals surface area contributed by atoms with E-state index in [9.17, 15) is 4.79 Å². The number of ether oxygens (including phenoxy) is 1. The molecule has 106 valence electrons. The van der Waals surface area contributed by atoms with Crippen LogP contribution in [0, 0.1) is 0 Å². The third-order valence-electron chi connectivity index (χ3n) is 2.83.